The van der Waals surface area contributed by atoms with E-state index in [0.717, 1.165) is 16.0 Å². The maximum atomic E-state index is 12.0. The zero-order chi connectivity index (χ0) is 16.8. The van der Waals surface area contributed by atoms with Gasteiger partial charge in [0.05, 0.1) is 20.6 Å². The Hall–Kier alpha value is -2.05. The first-order valence-electron chi connectivity index (χ1n) is 7.24. The van der Waals surface area contributed by atoms with Crippen LogP contribution in [0.5, 0.6) is 11.5 Å². The first-order chi connectivity index (χ1) is 11.0. The highest BCUT2D eigenvalue weighted by Gasteiger charge is 2.14. The highest BCUT2D eigenvalue weighted by atomic mass is 32.1. The van der Waals surface area contributed by atoms with E-state index in [1.54, 1.807) is 26.4 Å². The van der Waals surface area contributed by atoms with Gasteiger partial charge in [0.1, 0.15) is 6.10 Å². The fourth-order valence-corrected chi connectivity index (χ4v) is 3.18. The lowest BCUT2D eigenvalue weighted by Crippen LogP contribution is -2.29. The van der Waals surface area contributed by atoms with Crippen molar-refractivity contribution in [1.82, 2.24) is 5.32 Å². The van der Waals surface area contributed by atoms with Gasteiger partial charge in [-0.2, -0.15) is 0 Å². The predicted octanol–water partition coefficient (Wildman–Crippen LogP) is 2.47. The molecule has 0 aliphatic carbocycles. The number of thiophene rings is 1. The normalized spacial score (nSPS) is 11.8. The summed E-state index contributed by atoms with van der Waals surface area (Å²) < 4.78 is 10.4. The van der Waals surface area contributed by atoms with Crippen molar-refractivity contribution in [3.63, 3.8) is 0 Å². The van der Waals surface area contributed by atoms with Crippen LogP contribution in [0.2, 0.25) is 0 Å². The molecule has 0 fully saturated rings. The summed E-state index contributed by atoms with van der Waals surface area (Å²) in [5, 5.41) is 14.8. The van der Waals surface area contributed by atoms with Crippen LogP contribution in [0.4, 0.5) is 0 Å². The number of carbonyl (C=O) groups is 1. The van der Waals surface area contributed by atoms with Crippen LogP contribution in [-0.2, 0) is 11.2 Å². The average molecular weight is 335 g/mol. The third-order valence-corrected chi connectivity index (χ3v) is 4.63. The summed E-state index contributed by atoms with van der Waals surface area (Å²) in [5.41, 5.74) is 1.86. The lowest BCUT2D eigenvalue weighted by atomic mass is 10.1. The van der Waals surface area contributed by atoms with E-state index in [1.807, 2.05) is 24.4 Å². The lowest BCUT2D eigenvalue weighted by Gasteiger charge is -2.12. The minimum atomic E-state index is -0.677. The summed E-state index contributed by atoms with van der Waals surface area (Å²) in [7, 11) is 3.12. The van der Waals surface area contributed by atoms with Gasteiger partial charge in [-0.3, -0.25) is 4.79 Å². The minimum Gasteiger partial charge on any atom is -0.493 e. The van der Waals surface area contributed by atoms with Crippen molar-refractivity contribution in [3.05, 3.63) is 45.6 Å². The second kappa shape index (κ2) is 7.99. The molecule has 1 aromatic carbocycles. The van der Waals surface area contributed by atoms with Crippen molar-refractivity contribution in [2.24, 2.45) is 0 Å². The standard InChI is InChI=1S/C17H21NO4S/c1-11-6-7-23-17(11)13(19)10-18-16(20)9-12-4-5-14(21-2)15(8-12)22-3/h4-8,13,19H,9-10H2,1-3H3,(H,18,20). The summed E-state index contributed by atoms with van der Waals surface area (Å²) in [5.74, 6) is 1.07. The van der Waals surface area contributed by atoms with E-state index in [1.165, 1.54) is 11.3 Å². The van der Waals surface area contributed by atoms with E-state index in [0.29, 0.717) is 11.5 Å². The monoisotopic (exact) mass is 335 g/mol. The summed E-state index contributed by atoms with van der Waals surface area (Å²) in [4.78, 5) is 12.9. The molecule has 0 spiro atoms. The van der Waals surface area contributed by atoms with E-state index in [4.69, 9.17) is 9.47 Å². The number of aliphatic hydroxyl groups excluding tert-OH is 1. The van der Waals surface area contributed by atoms with Crippen molar-refractivity contribution >= 4 is 17.2 Å². The molecular formula is C17H21NO4S. The number of hydrogen-bond acceptors (Lipinski definition) is 5. The van der Waals surface area contributed by atoms with Gasteiger partial charge in [-0.05, 0) is 41.6 Å². The number of aryl methyl sites for hydroxylation is 1. The van der Waals surface area contributed by atoms with Gasteiger partial charge in [0.2, 0.25) is 5.91 Å². The average Bonchev–Trinajstić information content (AvgIpc) is 2.98. The van der Waals surface area contributed by atoms with E-state index in [9.17, 15) is 9.90 Å². The van der Waals surface area contributed by atoms with Gasteiger partial charge in [-0.15, -0.1) is 11.3 Å². The zero-order valence-corrected chi connectivity index (χ0v) is 14.3. The topological polar surface area (TPSA) is 67.8 Å². The molecule has 6 heteroatoms. The molecule has 0 aliphatic rings. The van der Waals surface area contributed by atoms with Crippen LogP contribution in [0, 0.1) is 6.92 Å². The van der Waals surface area contributed by atoms with E-state index in [2.05, 4.69) is 5.32 Å². The first-order valence-corrected chi connectivity index (χ1v) is 8.12. The molecule has 1 aromatic heterocycles. The highest BCUT2D eigenvalue weighted by Crippen LogP contribution is 2.27. The van der Waals surface area contributed by atoms with Gasteiger partial charge < -0.3 is 19.9 Å². The predicted molar refractivity (Wildman–Crippen MR) is 90.3 cm³/mol. The summed E-state index contributed by atoms with van der Waals surface area (Å²) >= 11 is 1.49. The van der Waals surface area contributed by atoms with Crippen LogP contribution >= 0.6 is 11.3 Å². The molecule has 5 nitrogen and oxygen atoms in total. The molecule has 1 amide bonds. The van der Waals surface area contributed by atoms with Crippen LogP contribution in [0.3, 0.4) is 0 Å². The highest BCUT2D eigenvalue weighted by molar-refractivity contribution is 7.10. The second-order valence-corrected chi connectivity index (χ2v) is 6.10. The molecular weight excluding hydrogens is 314 g/mol. The molecule has 23 heavy (non-hydrogen) atoms. The third kappa shape index (κ3) is 4.46. The first kappa shape index (κ1) is 17.3. The van der Waals surface area contributed by atoms with Crippen molar-refractivity contribution in [2.45, 2.75) is 19.4 Å². The Bertz CT molecular complexity index is 668. The molecule has 0 aliphatic heterocycles. The molecule has 0 radical (unpaired) electrons. The Labute approximate surface area is 139 Å². The Morgan fingerprint density at radius 2 is 2.00 bits per heavy atom. The molecule has 2 N–H and O–H groups in total. The molecule has 1 heterocycles. The molecule has 1 unspecified atom stereocenters. The fourth-order valence-electron chi connectivity index (χ4n) is 2.27. The van der Waals surface area contributed by atoms with Gasteiger partial charge in [0, 0.05) is 11.4 Å². The second-order valence-electron chi connectivity index (χ2n) is 5.15. The van der Waals surface area contributed by atoms with Crippen LogP contribution in [0.15, 0.2) is 29.6 Å². The van der Waals surface area contributed by atoms with Crippen LogP contribution in [0.1, 0.15) is 22.1 Å². The Morgan fingerprint density at radius 3 is 2.61 bits per heavy atom. The van der Waals surface area contributed by atoms with Crippen molar-refractivity contribution in [2.75, 3.05) is 20.8 Å². The fraction of sp³-hybridized carbons (Fsp3) is 0.353. The number of hydrogen-bond donors (Lipinski definition) is 2. The Morgan fingerprint density at radius 1 is 1.26 bits per heavy atom. The Balaban J connectivity index is 1.91. The zero-order valence-electron chi connectivity index (χ0n) is 13.5. The number of ether oxygens (including phenoxy) is 2. The summed E-state index contributed by atoms with van der Waals surface area (Å²) in [6.07, 6.45) is -0.458. The molecule has 2 aromatic rings. The molecule has 0 saturated heterocycles. The SMILES string of the molecule is COc1ccc(CC(=O)NCC(O)c2sccc2C)cc1OC. The van der Waals surface area contributed by atoms with E-state index >= 15 is 0 Å². The number of aliphatic hydroxyl groups is 1. The van der Waals surface area contributed by atoms with Crippen molar-refractivity contribution in [1.29, 1.82) is 0 Å². The number of carbonyl (C=O) groups excluding carboxylic acids is 1. The van der Waals surface area contributed by atoms with Gasteiger partial charge >= 0.3 is 0 Å². The smallest absolute Gasteiger partial charge is 0.224 e. The van der Waals surface area contributed by atoms with Gasteiger partial charge in [0.15, 0.2) is 11.5 Å². The molecule has 0 saturated carbocycles. The molecule has 0 bridgehead atoms. The third-order valence-electron chi connectivity index (χ3n) is 3.51. The summed E-state index contributed by atoms with van der Waals surface area (Å²) in [6.45, 7) is 2.15. The maximum Gasteiger partial charge on any atom is 0.224 e. The van der Waals surface area contributed by atoms with Crippen LogP contribution in [-0.4, -0.2) is 31.8 Å². The van der Waals surface area contributed by atoms with E-state index in [-0.39, 0.29) is 18.9 Å². The molecule has 1 atom stereocenters. The van der Waals surface area contributed by atoms with Gasteiger partial charge in [0.25, 0.3) is 0 Å². The largest absolute Gasteiger partial charge is 0.493 e. The molecule has 2 rings (SSSR count). The van der Waals surface area contributed by atoms with E-state index < -0.39 is 6.10 Å². The van der Waals surface area contributed by atoms with Crippen LogP contribution in [0.25, 0.3) is 0 Å². The lowest BCUT2D eigenvalue weighted by molar-refractivity contribution is -0.120. The van der Waals surface area contributed by atoms with Crippen molar-refractivity contribution < 1.29 is 19.4 Å². The number of nitrogens with one attached hydrogen (secondary N) is 1. The number of benzene rings is 1. The quantitative estimate of drug-likeness (QED) is 0.816. The Kier molecular flexibility index (Phi) is 6.01. The maximum absolute atomic E-state index is 12.0. The minimum absolute atomic E-state index is 0.148. The van der Waals surface area contributed by atoms with Gasteiger partial charge in [-0.1, -0.05) is 6.07 Å². The molecule has 124 valence electrons. The number of rotatable bonds is 7. The number of methoxy groups -OCH3 is 2. The van der Waals surface area contributed by atoms with Gasteiger partial charge in [-0.25, -0.2) is 0 Å². The summed E-state index contributed by atoms with van der Waals surface area (Å²) in [6, 6.07) is 7.32. The number of amides is 1. The van der Waals surface area contributed by atoms with Crippen LogP contribution < -0.4 is 14.8 Å². The van der Waals surface area contributed by atoms with Crippen molar-refractivity contribution in [3.8, 4) is 11.5 Å².